The first-order valence-corrected chi connectivity index (χ1v) is 9.09. The molecule has 0 aliphatic carbocycles. The Balaban J connectivity index is 2.07. The fraction of sp³-hybridized carbons (Fsp3) is 0.278. The van der Waals surface area contributed by atoms with Gasteiger partial charge in [-0.3, -0.25) is 4.79 Å². The van der Waals surface area contributed by atoms with Crippen LogP contribution in [0.2, 0.25) is 0 Å². The quantitative estimate of drug-likeness (QED) is 0.470. The van der Waals surface area contributed by atoms with Crippen LogP contribution in [0.4, 0.5) is 0 Å². The molecule has 0 spiro atoms. The third-order valence-corrected chi connectivity index (χ3v) is 5.32. The van der Waals surface area contributed by atoms with Crippen molar-refractivity contribution < 1.29 is 19.0 Å². The Kier molecular flexibility index (Phi) is 5.15. The molecule has 0 bridgehead atoms. The molecule has 126 valence electrons. The zero-order valence-corrected chi connectivity index (χ0v) is 16.4. The minimum atomic E-state index is -0.408. The topological polar surface area (TPSA) is 44.8 Å². The van der Waals surface area contributed by atoms with Crippen molar-refractivity contribution in [2.24, 2.45) is 0 Å². The number of hydrogen-bond donors (Lipinski definition) is 0. The van der Waals surface area contributed by atoms with Crippen LogP contribution >= 0.6 is 31.9 Å². The van der Waals surface area contributed by atoms with E-state index < -0.39 is 5.97 Å². The zero-order valence-electron chi connectivity index (χ0n) is 13.3. The van der Waals surface area contributed by atoms with E-state index >= 15 is 0 Å². The van der Waals surface area contributed by atoms with E-state index in [1.807, 2.05) is 30.3 Å². The lowest BCUT2D eigenvalue weighted by molar-refractivity contribution is -0.132. The Labute approximate surface area is 157 Å². The molecule has 0 saturated heterocycles. The van der Waals surface area contributed by atoms with Gasteiger partial charge in [-0.25, -0.2) is 0 Å². The molecule has 1 aliphatic heterocycles. The summed E-state index contributed by atoms with van der Waals surface area (Å²) in [6.07, 6.45) is 1.60. The van der Waals surface area contributed by atoms with Gasteiger partial charge in [-0.15, -0.1) is 0 Å². The highest BCUT2D eigenvalue weighted by Gasteiger charge is 2.31. The number of esters is 1. The molecule has 2 aromatic rings. The predicted molar refractivity (Wildman–Crippen MR) is 97.8 cm³/mol. The molecule has 1 atom stereocenters. The molecule has 0 fully saturated rings. The van der Waals surface area contributed by atoms with Crippen LogP contribution < -0.4 is 14.2 Å². The normalized spacial score (nSPS) is 16.1. The van der Waals surface area contributed by atoms with Gasteiger partial charge in [0.1, 0.15) is 26.5 Å². The number of halogens is 2. The fourth-order valence-electron chi connectivity index (χ4n) is 2.85. The van der Waals surface area contributed by atoms with Crippen LogP contribution in [0.25, 0.3) is 0 Å². The summed E-state index contributed by atoms with van der Waals surface area (Å²) in [6, 6.07) is 10.1. The van der Waals surface area contributed by atoms with E-state index in [9.17, 15) is 4.79 Å². The van der Waals surface area contributed by atoms with Crippen LogP contribution in [-0.4, -0.2) is 13.1 Å². The van der Waals surface area contributed by atoms with E-state index in [4.69, 9.17) is 14.2 Å². The van der Waals surface area contributed by atoms with Gasteiger partial charge in [0, 0.05) is 12.5 Å². The number of methoxy groups -OCH3 is 1. The standard InChI is InChI=1S/C18H16Br2O4/c1-10(21)23-18-14(19)16(22-2)12-8-9-13(24-17(12)15(18)20)11-6-4-3-5-7-11/h3-7,13H,8-9H2,1-2H3/t13-/m0/s1. The van der Waals surface area contributed by atoms with E-state index in [1.165, 1.54) is 6.92 Å². The summed E-state index contributed by atoms with van der Waals surface area (Å²) < 4.78 is 18.3. The molecule has 4 nitrogen and oxygen atoms in total. The third kappa shape index (κ3) is 3.17. The molecule has 0 N–H and O–H groups in total. The van der Waals surface area contributed by atoms with E-state index in [-0.39, 0.29) is 6.10 Å². The second-order valence-electron chi connectivity index (χ2n) is 5.45. The molecule has 24 heavy (non-hydrogen) atoms. The molecular weight excluding hydrogens is 440 g/mol. The lowest BCUT2D eigenvalue weighted by Gasteiger charge is -2.29. The Hall–Kier alpha value is -1.53. The van der Waals surface area contributed by atoms with Crippen molar-refractivity contribution in [1.82, 2.24) is 0 Å². The SMILES string of the molecule is COc1c(Br)c(OC(C)=O)c(Br)c2c1CC[C@@H](c1ccccc1)O2. The molecule has 0 aromatic heterocycles. The van der Waals surface area contributed by atoms with Crippen molar-refractivity contribution in [2.75, 3.05) is 7.11 Å². The van der Waals surface area contributed by atoms with Gasteiger partial charge >= 0.3 is 5.97 Å². The van der Waals surface area contributed by atoms with Crippen LogP contribution in [0.15, 0.2) is 39.3 Å². The molecule has 1 aliphatic rings. The monoisotopic (exact) mass is 454 g/mol. The van der Waals surface area contributed by atoms with Crippen LogP contribution in [0.3, 0.4) is 0 Å². The van der Waals surface area contributed by atoms with Crippen molar-refractivity contribution in [1.29, 1.82) is 0 Å². The van der Waals surface area contributed by atoms with Crippen LogP contribution in [-0.2, 0) is 11.2 Å². The predicted octanol–water partition coefficient (Wildman–Crippen LogP) is 5.21. The summed E-state index contributed by atoms with van der Waals surface area (Å²) in [5.41, 5.74) is 2.07. The average Bonchev–Trinajstić information content (AvgIpc) is 2.59. The van der Waals surface area contributed by atoms with E-state index in [2.05, 4.69) is 31.9 Å². The molecule has 0 unspecified atom stereocenters. The zero-order chi connectivity index (χ0) is 17.3. The maximum absolute atomic E-state index is 11.4. The van der Waals surface area contributed by atoms with Gasteiger partial charge in [0.25, 0.3) is 0 Å². The molecule has 0 amide bonds. The Morgan fingerprint density at radius 1 is 1.17 bits per heavy atom. The maximum atomic E-state index is 11.4. The Morgan fingerprint density at radius 2 is 1.88 bits per heavy atom. The summed E-state index contributed by atoms with van der Waals surface area (Å²) >= 11 is 6.99. The van der Waals surface area contributed by atoms with Crippen molar-refractivity contribution in [3.05, 3.63) is 50.4 Å². The van der Waals surface area contributed by atoms with Crippen LogP contribution in [0.5, 0.6) is 17.2 Å². The molecule has 2 aromatic carbocycles. The lowest BCUT2D eigenvalue weighted by atomic mass is 9.96. The summed E-state index contributed by atoms with van der Waals surface area (Å²) in [5, 5.41) is 0. The average molecular weight is 456 g/mol. The Morgan fingerprint density at radius 3 is 2.50 bits per heavy atom. The molecule has 3 rings (SSSR count). The van der Waals surface area contributed by atoms with Gasteiger partial charge < -0.3 is 14.2 Å². The van der Waals surface area contributed by atoms with E-state index in [0.717, 1.165) is 24.0 Å². The first-order chi connectivity index (χ1) is 11.5. The number of rotatable bonds is 3. The van der Waals surface area contributed by atoms with Crippen molar-refractivity contribution in [2.45, 2.75) is 25.9 Å². The number of benzene rings is 2. The third-order valence-electron chi connectivity index (χ3n) is 3.88. The van der Waals surface area contributed by atoms with E-state index in [1.54, 1.807) is 7.11 Å². The second kappa shape index (κ2) is 7.15. The van der Waals surface area contributed by atoms with Gasteiger partial charge in [0.05, 0.1) is 7.11 Å². The van der Waals surface area contributed by atoms with Gasteiger partial charge in [-0.1, -0.05) is 30.3 Å². The first-order valence-electron chi connectivity index (χ1n) is 7.50. The molecule has 0 radical (unpaired) electrons. The lowest BCUT2D eigenvalue weighted by Crippen LogP contribution is -2.17. The van der Waals surface area contributed by atoms with Crippen LogP contribution in [0, 0.1) is 0 Å². The number of ether oxygens (including phenoxy) is 3. The second-order valence-corrected chi connectivity index (χ2v) is 7.03. The van der Waals surface area contributed by atoms with Crippen LogP contribution in [0.1, 0.15) is 30.6 Å². The summed E-state index contributed by atoms with van der Waals surface area (Å²) in [5.74, 6) is 1.25. The molecule has 6 heteroatoms. The minimum absolute atomic E-state index is 0.0499. The number of carbonyl (C=O) groups excluding carboxylic acids is 1. The molecule has 0 saturated carbocycles. The van der Waals surface area contributed by atoms with Crippen molar-refractivity contribution in [3.63, 3.8) is 0 Å². The number of fused-ring (bicyclic) bond motifs is 1. The summed E-state index contributed by atoms with van der Waals surface area (Å²) in [4.78, 5) is 11.4. The fourth-order valence-corrected chi connectivity index (χ4v) is 4.40. The maximum Gasteiger partial charge on any atom is 0.308 e. The van der Waals surface area contributed by atoms with Gasteiger partial charge in [-0.05, 0) is 50.3 Å². The highest BCUT2D eigenvalue weighted by atomic mass is 79.9. The van der Waals surface area contributed by atoms with Gasteiger partial charge in [-0.2, -0.15) is 0 Å². The summed E-state index contributed by atoms with van der Waals surface area (Å²) in [7, 11) is 1.59. The van der Waals surface area contributed by atoms with Crippen molar-refractivity contribution in [3.8, 4) is 17.2 Å². The smallest absolute Gasteiger partial charge is 0.308 e. The molecular formula is C18H16Br2O4. The Bertz CT molecular complexity index is 775. The summed E-state index contributed by atoms with van der Waals surface area (Å²) in [6.45, 7) is 1.36. The highest BCUT2D eigenvalue weighted by Crippen LogP contribution is 2.53. The van der Waals surface area contributed by atoms with Crippen molar-refractivity contribution >= 4 is 37.8 Å². The minimum Gasteiger partial charge on any atom is -0.495 e. The highest BCUT2D eigenvalue weighted by molar-refractivity contribution is 9.11. The van der Waals surface area contributed by atoms with Gasteiger partial charge in [0.2, 0.25) is 0 Å². The molecule has 1 heterocycles. The number of hydrogen-bond acceptors (Lipinski definition) is 4. The first kappa shape index (κ1) is 17.3. The van der Waals surface area contributed by atoms with E-state index in [0.29, 0.717) is 26.2 Å². The van der Waals surface area contributed by atoms with Gasteiger partial charge in [0.15, 0.2) is 5.75 Å². The number of carbonyl (C=O) groups is 1. The largest absolute Gasteiger partial charge is 0.495 e.